The molecule has 120 valence electrons. The van der Waals surface area contributed by atoms with Crippen molar-refractivity contribution in [2.45, 2.75) is 26.4 Å². The summed E-state index contributed by atoms with van der Waals surface area (Å²) in [4.78, 5) is 14.6. The molecule has 3 rings (SSSR count). The molecular formula is C20H23NO2. The van der Waals surface area contributed by atoms with E-state index in [0.29, 0.717) is 6.61 Å². The van der Waals surface area contributed by atoms with Crippen LogP contribution in [0.3, 0.4) is 0 Å². The van der Waals surface area contributed by atoms with E-state index in [-0.39, 0.29) is 12.0 Å². The van der Waals surface area contributed by atoms with Gasteiger partial charge in [-0.15, -0.1) is 0 Å². The highest BCUT2D eigenvalue weighted by Gasteiger charge is 2.25. The zero-order chi connectivity index (χ0) is 16.2. The fourth-order valence-corrected chi connectivity index (χ4v) is 2.93. The van der Waals surface area contributed by atoms with Gasteiger partial charge in [0, 0.05) is 25.3 Å². The second-order valence-electron chi connectivity index (χ2n) is 5.91. The average molecular weight is 309 g/mol. The number of rotatable bonds is 5. The molecule has 0 bridgehead atoms. The minimum absolute atomic E-state index is 0.0936. The van der Waals surface area contributed by atoms with Crippen LogP contribution in [0.4, 0.5) is 0 Å². The summed E-state index contributed by atoms with van der Waals surface area (Å²) in [5.74, 6) is 0.123. The zero-order valence-electron chi connectivity index (χ0n) is 13.8. The molecule has 23 heavy (non-hydrogen) atoms. The zero-order valence-corrected chi connectivity index (χ0v) is 13.8. The minimum Gasteiger partial charge on any atom is -0.374 e. The molecule has 0 saturated carbocycles. The van der Waals surface area contributed by atoms with Crippen LogP contribution in [0.15, 0.2) is 48.5 Å². The normalized spacial score (nSPS) is 15.1. The van der Waals surface area contributed by atoms with Gasteiger partial charge in [0.05, 0.1) is 6.10 Å². The lowest BCUT2D eigenvalue weighted by atomic mass is 9.95. The van der Waals surface area contributed by atoms with Crippen molar-refractivity contribution in [2.75, 3.05) is 19.7 Å². The molecule has 1 fully saturated rings. The first kappa shape index (κ1) is 15.8. The Bertz CT molecular complexity index is 677. The van der Waals surface area contributed by atoms with Crippen LogP contribution >= 0.6 is 0 Å². The first-order chi connectivity index (χ1) is 11.2. The number of hydrogen-bond acceptors (Lipinski definition) is 2. The average Bonchev–Trinajstić information content (AvgIpc) is 2.53. The highest BCUT2D eigenvalue weighted by molar-refractivity contribution is 5.97. The molecule has 1 amide bonds. The first-order valence-corrected chi connectivity index (χ1v) is 8.31. The number of ether oxygens (including phenoxy) is 1. The van der Waals surface area contributed by atoms with Crippen LogP contribution in [0.25, 0.3) is 11.1 Å². The standard InChI is InChI=1S/C20H23NO2/c1-3-23-15(2)19-14-17(16-8-5-4-6-9-16)10-11-18(19)20(22)21-12-7-13-21/h4-6,8-11,14-15H,3,7,12-13H2,1-2H3. The summed E-state index contributed by atoms with van der Waals surface area (Å²) in [5.41, 5.74) is 4.02. The quantitative estimate of drug-likeness (QED) is 0.824. The smallest absolute Gasteiger partial charge is 0.254 e. The highest BCUT2D eigenvalue weighted by Crippen LogP contribution is 2.29. The Hall–Kier alpha value is -2.13. The summed E-state index contributed by atoms with van der Waals surface area (Å²) in [6.07, 6.45) is 1.01. The van der Waals surface area contributed by atoms with Crippen molar-refractivity contribution in [3.63, 3.8) is 0 Å². The van der Waals surface area contributed by atoms with E-state index in [9.17, 15) is 4.79 Å². The third-order valence-corrected chi connectivity index (χ3v) is 4.39. The molecule has 1 unspecified atom stereocenters. The maximum Gasteiger partial charge on any atom is 0.254 e. The van der Waals surface area contributed by atoms with E-state index in [1.807, 2.05) is 49.1 Å². The summed E-state index contributed by atoms with van der Waals surface area (Å²) in [5, 5.41) is 0. The van der Waals surface area contributed by atoms with E-state index in [0.717, 1.165) is 41.8 Å². The van der Waals surface area contributed by atoms with Crippen molar-refractivity contribution in [2.24, 2.45) is 0 Å². The predicted molar refractivity (Wildman–Crippen MR) is 92.4 cm³/mol. The Morgan fingerprint density at radius 2 is 1.87 bits per heavy atom. The molecule has 1 saturated heterocycles. The monoisotopic (exact) mass is 309 g/mol. The Labute approximate surface area is 137 Å². The molecular weight excluding hydrogens is 286 g/mol. The fourth-order valence-electron chi connectivity index (χ4n) is 2.93. The second kappa shape index (κ2) is 6.97. The van der Waals surface area contributed by atoms with E-state index >= 15 is 0 Å². The van der Waals surface area contributed by atoms with E-state index in [1.54, 1.807) is 0 Å². The maximum atomic E-state index is 12.7. The molecule has 0 aliphatic carbocycles. The molecule has 1 heterocycles. The number of carbonyl (C=O) groups excluding carboxylic acids is 1. The van der Waals surface area contributed by atoms with Crippen LogP contribution in [0.5, 0.6) is 0 Å². The number of hydrogen-bond donors (Lipinski definition) is 0. The van der Waals surface area contributed by atoms with E-state index in [4.69, 9.17) is 4.74 Å². The second-order valence-corrected chi connectivity index (χ2v) is 5.91. The summed E-state index contributed by atoms with van der Waals surface area (Å²) in [6, 6.07) is 16.3. The van der Waals surface area contributed by atoms with Crippen LogP contribution in [0.1, 0.15) is 42.3 Å². The van der Waals surface area contributed by atoms with Crippen LogP contribution < -0.4 is 0 Å². The molecule has 1 aliphatic heterocycles. The van der Waals surface area contributed by atoms with Crippen LogP contribution in [-0.4, -0.2) is 30.5 Å². The lowest BCUT2D eigenvalue weighted by Gasteiger charge is -2.32. The first-order valence-electron chi connectivity index (χ1n) is 8.31. The van der Waals surface area contributed by atoms with Gasteiger partial charge < -0.3 is 9.64 Å². The Kier molecular flexibility index (Phi) is 4.77. The van der Waals surface area contributed by atoms with Gasteiger partial charge >= 0.3 is 0 Å². The van der Waals surface area contributed by atoms with Crippen LogP contribution in [0, 0.1) is 0 Å². The number of likely N-dealkylation sites (tertiary alicyclic amines) is 1. The summed E-state index contributed by atoms with van der Waals surface area (Å²) < 4.78 is 5.77. The topological polar surface area (TPSA) is 29.5 Å². The van der Waals surface area contributed by atoms with Crippen molar-refractivity contribution in [1.82, 2.24) is 4.90 Å². The lowest BCUT2D eigenvalue weighted by molar-refractivity contribution is 0.0612. The molecule has 3 nitrogen and oxygen atoms in total. The SMILES string of the molecule is CCOC(C)c1cc(-c2ccccc2)ccc1C(=O)N1CCC1. The third kappa shape index (κ3) is 3.30. The summed E-state index contributed by atoms with van der Waals surface area (Å²) in [6.45, 7) is 6.35. The third-order valence-electron chi connectivity index (χ3n) is 4.39. The van der Waals surface area contributed by atoms with Gasteiger partial charge in [-0.3, -0.25) is 4.79 Å². The van der Waals surface area contributed by atoms with Gasteiger partial charge in [0.25, 0.3) is 5.91 Å². The predicted octanol–water partition coefficient (Wildman–Crippen LogP) is 4.30. The van der Waals surface area contributed by atoms with Gasteiger partial charge in [-0.25, -0.2) is 0 Å². The largest absolute Gasteiger partial charge is 0.374 e. The van der Waals surface area contributed by atoms with Crippen molar-refractivity contribution in [3.8, 4) is 11.1 Å². The molecule has 0 radical (unpaired) electrons. The van der Waals surface area contributed by atoms with Crippen molar-refractivity contribution in [1.29, 1.82) is 0 Å². The molecule has 3 heteroatoms. The molecule has 2 aromatic rings. The van der Waals surface area contributed by atoms with Crippen molar-refractivity contribution >= 4 is 5.91 Å². The lowest BCUT2D eigenvalue weighted by Crippen LogP contribution is -2.42. The molecule has 2 aromatic carbocycles. The molecule has 0 N–H and O–H groups in total. The van der Waals surface area contributed by atoms with Gasteiger partial charge in [0.1, 0.15) is 0 Å². The van der Waals surface area contributed by atoms with Gasteiger partial charge in [-0.05, 0) is 49.1 Å². The molecule has 0 aromatic heterocycles. The maximum absolute atomic E-state index is 12.7. The number of carbonyl (C=O) groups is 1. The van der Waals surface area contributed by atoms with Crippen molar-refractivity contribution in [3.05, 3.63) is 59.7 Å². The molecule has 1 atom stereocenters. The van der Waals surface area contributed by atoms with Crippen LogP contribution in [-0.2, 0) is 4.74 Å². The highest BCUT2D eigenvalue weighted by atomic mass is 16.5. The number of benzene rings is 2. The number of amides is 1. The fraction of sp³-hybridized carbons (Fsp3) is 0.350. The van der Waals surface area contributed by atoms with Gasteiger partial charge in [0.15, 0.2) is 0 Å². The summed E-state index contributed by atoms with van der Waals surface area (Å²) in [7, 11) is 0. The Morgan fingerprint density at radius 1 is 1.13 bits per heavy atom. The van der Waals surface area contributed by atoms with E-state index < -0.39 is 0 Å². The molecule has 1 aliphatic rings. The van der Waals surface area contributed by atoms with Gasteiger partial charge in [-0.2, -0.15) is 0 Å². The van der Waals surface area contributed by atoms with Crippen molar-refractivity contribution < 1.29 is 9.53 Å². The van der Waals surface area contributed by atoms with Gasteiger partial charge in [-0.1, -0.05) is 36.4 Å². The molecule has 0 spiro atoms. The Balaban J connectivity index is 2.00. The van der Waals surface area contributed by atoms with E-state index in [2.05, 4.69) is 18.2 Å². The Morgan fingerprint density at radius 3 is 2.48 bits per heavy atom. The summed E-state index contributed by atoms with van der Waals surface area (Å²) >= 11 is 0. The van der Waals surface area contributed by atoms with Gasteiger partial charge in [0.2, 0.25) is 0 Å². The van der Waals surface area contributed by atoms with Crippen LogP contribution in [0.2, 0.25) is 0 Å². The van der Waals surface area contributed by atoms with E-state index in [1.165, 1.54) is 0 Å². The number of nitrogens with zero attached hydrogens (tertiary/aromatic N) is 1. The minimum atomic E-state index is -0.0936.